The van der Waals surface area contributed by atoms with Crippen LogP contribution < -0.4 is 11.5 Å². The molecule has 0 radical (unpaired) electrons. The highest BCUT2D eigenvalue weighted by Gasteiger charge is 2.27. The molecule has 156 valence electrons. The lowest BCUT2D eigenvalue weighted by Gasteiger charge is -2.15. The molecule has 0 bridgehead atoms. The number of rotatable bonds is 5. The number of aliphatic imine (C=N–C) groups is 1. The van der Waals surface area contributed by atoms with E-state index in [-0.39, 0.29) is 6.04 Å². The van der Waals surface area contributed by atoms with Crippen LogP contribution in [0.4, 0.5) is 0 Å². The van der Waals surface area contributed by atoms with Gasteiger partial charge < -0.3 is 16.2 Å². The quantitative estimate of drug-likeness (QED) is 0.583. The maximum atomic E-state index is 6.03. The maximum absolute atomic E-state index is 6.03. The summed E-state index contributed by atoms with van der Waals surface area (Å²) in [5, 5.41) is 4.58. The highest BCUT2D eigenvalue weighted by molar-refractivity contribution is 6.76. The fourth-order valence-electron chi connectivity index (χ4n) is 4.09. The van der Waals surface area contributed by atoms with E-state index in [2.05, 4.69) is 43.6 Å². The van der Waals surface area contributed by atoms with Crippen molar-refractivity contribution in [2.24, 2.45) is 16.5 Å². The lowest BCUT2D eigenvalue weighted by atomic mass is 10.1. The van der Waals surface area contributed by atoms with E-state index in [0.29, 0.717) is 12.8 Å². The fraction of sp³-hybridized carbons (Fsp3) is 0.714. The van der Waals surface area contributed by atoms with Gasteiger partial charge in [-0.1, -0.05) is 19.6 Å². The molecule has 4 N–H and O–H groups in total. The molecule has 2 aliphatic carbocycles. The van der Waals surface area contributed by atoms with Gasteiger partial charge in [0.25, 0.3) is 0 Å². The minimum absolute atomic E-state index is 0.127. The molecule has 7 heteroatoms. The first-order valence-electron chi connectivity index (χ1n) is 10.6. The Balaban J connectivity index is 0.000000188. The lowest BCUT2D eigenvalue weighted by Crippen LogP contribution is -2.22. The van der Waals surface area contributed by atoms with Crippen molar-refractivity contribution < 1.29 is 4.74 Å². The monoisotopic (exact) mass is 403 g/mol. The Morgan fingerprint density at radius 3 is 2.46 bits per heavy atom. The minimum atomic E-state index is -0.996. The third kappa shape index (κ3) is 4.82. The van der Waals surface area contributed by atoms with Gasteiger partial charge in [0.2, 0.25) is 0 Å². The summed E-state index contributed by atoms with van der Waals surface area (Å²) in [5.41, 5.74) is 19.6. The predicted octanol–water partition coefficient (Wildman–Crippen LogP) is 3.33. The smallest absolute Gasteiger partial charge is 0.139 e. The van der Waals surface area contributed by atoms with Crippen molar-refractivity contribution in [3.63, 3.8) is 0 Å². The third-order valence-corrected chi connectivity index (χ3v) is 7.80. The molecule has 0 spiro atoms. The Kier molecular flexibility index (Phi) is 6.59. The summed E-state index contributed by atoms with van der Waals surface area (Å²) in [7, 11) is -0.996. The zero-order chi connectivity index (χ0) is 20.5. The van der Waals surface area contributed by atoms with E-state index in [1.54, 1.807) is 0 Å². The van der Waals surface area contributed by atoms with Gasteiger partial charge in [-0.2, -0.15) is 5.10 Å². The summed E-state index contributed by atoms with van der Waals surface area (Å²) >= 11 is 0. The Labute approximate surface area is 170 Å². The van der Waals surface area contributed by atoms with Crippen molar-refractivity contribution in [1.82, 2.24) is 9.78 Å². The molecule has 2 atom stereocenters. The molecule has 1 aromatic rings. The summed E-state index contributed by atoms with van der Waals surface area (Å²) < 4.78 is 7.71. The summed E-state index contributed by atoms with van der Waals surface area (Å²) in [6, 6.07) is 1.64. The number of hydrogen-bond donors (Lipinski definition) is 2. The number of nitrogens with zero attached hydrogens (tertiary/aromatic N) is 3. The third-order valence-electron chi connectivity index (χ3n) is 6.09. The van der Waals surface area contributed by atoms with Gasteiger partial charge in [0.15, 0.2) is 0 Å². The standard InChI is InChI=1S/C13H25N3OSi.C8H12N2/c1-10-11-5-6-12(14)13(11)15-16(10)9-17-7-8-18(2,3)4;1-5-6-2-3-8(9)7(6)4-10-5/h12H,5-9,14H2,1-4H3;8H,2-4,9H2,1H3. The van der Waals surface area contributed by atoms with Crippen molar-refractivity contribution in [3.05, 3.63) is 28.1 Å². The van der Waals surface area contributed by atoms with Crippen molar-refractivity contribution in [2.45, 2.75) is 84.0 Å². The first kappa shape index (κ1) is 21.4. The molecule has 0 saturated heterocycles. The maximum Gasteiger partial charge on any atom is 0.139 e. The van der Waals surface area contributed by atoms with Crippen LogP contribution in [0.1, 0.15) is 49.2 Å². The van der Waals surface area contributed by atoms with Crippen LogP contribution in [0.5, 0.6) is 0 Å². The van der Waals surface area contributed by atoms with Crippen LogP contribution >= 0.6 is 0 Å². The largest absolute Gasteiger partial charge is 0.360 e. The number of nitrogens with two attached hydrogens (primary N) is 2. The number of ether oxygens (including phenoxy) is 1. The highest BCUT2D eigenvalue weighted by atomic mass is 28.3. The molecule has 1 aromatic heterocycles. The first-order chi connectivity index (χ1) is 13.2. The second kappa shape index (κ2) is 8.61. The predicted molar refractivity (Wildman–Crippen MR) is 119 cm³/mol. The van der Waals surface area contributed by atoms with Crippen LogP contribution in [0.25, 0.3) is 0 Å². The number of fused-ring (bicyclic) bond motifs is 1. The summed E-state index contributed by atoms with van der Waals surface area (Å²) in [5.74, 6) is 0. The molecule has 0 saturated carbocycles. The summed E-state index contributed by atoms with van der Waals surface area (Å²) in [6.07, 6.45) is 4.40. The van der Waals surface area contributed by atoms with Crippen molar-refractivity contribution in [2.75, 3.05) is 13.2 Å². The molecule has 2 heterocycles. The molecule has 28 heavy (non-hydrogen) atoms. The summed E-state index contributed by atoms with van der Waals surface area (Å²) in [6.45, 7) is 13.6. The molecular weight excluding hydrogens is 366 g/mol. The fourth-order valence-corrected chi connectivity index (χ4v) is 4.85. The van der Waals surface area contributed by atoms with Crippen molar-refractivity contribution >= 4 is 13.8 Å². The van der Waals surface area contributed by atoms with Crippen LogP contribution in [-0.4, -0.2) is 42.8 Å². The van der Waals surface area contributed by atoms with E-state index >= 15 is 0 Å². The van der Waals surface area contributed by atoms with Crippen LogP contribution in [-0.2, 0) is 17.9 Å². The Morgan fingerprint density at radius 1 is 1.11 bits per heavy atom. The zero-order valence-electron chi connectivity index (χ0n) is 18.2. The molecule has 0 aromatic carbocycles. The van der Waals surface area contributed by atoms with Gasteiger partial charge in [-0.05, 0) is 62.3 Å². The van der Waals surface area contributed by atoms with Crippen molar-refractivity contribution in [3.8, 4) is 0 Å². The highest BCUT2D eigenvalue weighted by Crippen LogP contribution is 2.31. The molecule has 3 aliphatic rings. The second-order valence-electron chi connectivity index (χ2n) is 9.49. The first-order valence-corrected chi connectivity index (χ1v) is 14.3. The molecule has 0 fully saturated rings. The van der Waals surface area contributed by atoms with Gasteiger partial charge in [0.05, 0.1) is 12.2 Å². The van der Waals surface area contributed by atoms with E-state index in [4.69, 9.17) is 16.2 Å². The topological polar surface area (TPSA) is 91.4 Å². The minimum Gasteiger partial charge on any atom is -0.360 e. The molecule has 1 aliphatic heterocycles. The van der Waals surface area contributed by atoms with Gasteiger partial charge >= 0.3 is 0 Å². The lowest BCUT2D eigenvalue weighted by molar-refractivity contribution is 0.0766. The molecule has 4 rings (SSSR count). The normalized spacial score (nSPS) is 23.5. The molecule has 6 nitrogen and oxygen atoms in total. The van der Waals surface area contributed by atoms with Gasteiger partial charge in [-0.3, -0.25) is 4.99 Å². The van der Waals surface area contributed by atoms with E-state index in [9.17, 15) is 0 Å². The Morgan fingerprint density at radius 2 is 1.82 bits per heavy atom. The van der Waals surface area contributed by atoms with E-state index < -0.39 is 8.07 Å². The zero-order valence-corrected chi connectivity index (χ0v) is 19.2. The van der Waals surface area contributed by atoms with Crippen molar-refractivity contribution in [1.29, 1.82) is 0 Å². The van der Waals surface area contributed by atoms with Gasteiger partial charge in [-0.15, -0.1) is 0 Å². The molecule has 0 amide bonds. The van der Waals surface area contributed by atoms with Gasteiger partial charge in [0, 0.05) is 38.2 Å². The average Bonchev–Trinajstić information content (AvgIpc) is 3.34. The van der Waals surface area contributed by atoms with E-state index in [1.807, 2.05) is 4.68 Å². The number of aromatic nitrogens is 2. The van der Waals surface area contributed by atoms with E-state index in [1.165, 1.54) is 34.2 Å². The van der Waals surface area contributed by atoms with Gasteiger partial charge in [-0.25, -0.2) is 4.68 Å². The SMILES string of the molecule is CC1=NCC2=C1CCC2N.Cc1c2c(nn1COCC[Si](C)(C)C)C(N)CC2. The summed E-state index contributed by atoms with van der Waals surface area (Å²) in [4.78, 5) is 4.33. The van der Waals surface area contributed by atoms with Crippen LogP contribution in [0.15, 0.2) is 16.1 Å². The van der Waals surface area contributed by atoms with Crippen LogP contribution in [0.2, 0.25) is 25.7 Å². The van der Waals surface area contributed by atoms with Crippen LogP contribution in [0.3, 0.4) is 0 Å². The van der Waals surface area contributed by atoms with E-state index in [0.717, 1.165) is 44.5 Å². The van der Waals surface area contributed by atoms with Gasteiger partial charge in [0.1, 0.15) is 6.73 Å². The van der Waals surface area contributed by atoms with Crippen LogP contribution in [0, 0.1) is 6.92 Å². The molecular formula is C21H37N5OSi. The molecule has 2 unspecified atom stereocenters. The second-order valence-corrected chi connectivity index (χ2v) is 15.1. The Hall–Kier alpha value is -1.28. The average molecular weight is 404 g/mol. The Bertz CT molecular complexity index is 774. The number of allylic oxidation sites excluding steroid dienone is 1. The number of hydrogen-bond acceptors (Lipinski definition) is 5.